The molecule has 100 valence electrons. The molecule has 0 aromatic carbocycles. The number of aromatic amines is 1. The van der Waals surface area contributed by atoms with Crippen LogP contribution >= 0.6 is 11.6 Å². The van der Waals surface area contributed by atoms with Gasteiger partial charge < -0.3 is 10.2 Å². The number of rotatable bonds is 4. The minimum atomic E-state index is -0.169. The predicted molar refractivity (Wildman–Crippen MR) is 71.0 cm³/mol. The zero-order valence-electron chi connectivity index (χ0n) is 10.5. The van der Waals surface area contributed by atoms with Crippen LogP contribution in [0.25, 0.3) is 0 Å². The van der Waals surface area contributed by atoms with Crippen LogP contribution in [-0.2, 0) is 6.54 Å². The molecule has 2 N–H and O–H groups in total. The van der Waals surface area contributed by atoms with Crippen LogP contribution in [0.5, 0.6) is 0 Å². The molecule has 0 aliphatic carbocycles. The van der Waals surface area contributed by atoms with E-state index >= 15 is 0 Å². The Morgan fingerprint density at radius 1 is 1.53 bits per heavy atom. The van der Waals surface area contributed by atoms with E-state index in [1.54, 1.807) is 20.2 Å². The van der Waals surface area contributed by atoms with Crippen molar-refractivity contribution in [1.29, 1.82) is 0 Å². The van der Waals surface area contributed by atoms with Gasteiger partial charge in [0.2, 0.25) is 0 Å². The molecule has 0 bridgehead atoms. The standard InChI is InChI=1S/C11H13ClN6O/c1-13-9-4-7(3-8(12)16-9)11(19)18(2)5-10-14-6-15-17-10/h3-4,6H,5H2,1-2H3,(H,13,16)(H,14,15,17). The molecule has 0 unspecified atom stereocenters. The molecule has 0 fully saturated rings. The van der Waals surface area contributed by atoms with Crippen molar-refractivity contribution >= 4 is 23.3 Å². The maximum Gasteiger partial charge on any atom is 0.254 e. The van der Waals surface area contributed by atoms with Gasteiger partial charge in [-0.05, 0) is 12.1 Å². The fourth-order valence-corrected chi connectivity index (χ4v) is 1.78. The van der Waals surface area contributed by atoms with Gasteiger partial charge >= 0.3 is 0 Å². The molecule has 0 atom stereocenters. The van der Waals surface area contributed by atoms with Crippen molar-refractivity contribution in [2.45, 2.75) is 6.54 Å². The van der Waals surface area contributed by atoms with E-state index in [0.29, 0.717) is 23.8 Å². The summed E-state index contributed by atoms with van der Waals surface area (Å²) < 4.78 is 0. The summed E-state index contributed by atoms with van der Waals surface area (Å²) in [5.74, 6) is 0.992. The Balaban J connectivity index is 2.16. The number of nitrogens with one attached hydrogen (secondary N) is 2. The Kier molecular flexibility index (Phi) is 3.96. The molecule has 0 saturated heterocycles. The third-order valence-corrected chi connectivity index (χ3v) is 2.69. The average molecular weight is 281 g/mol. The molecule has 1 amide bonds. The number of carbonyl (C=O) groups excluding carboxylic acids is 1. The average Bonchev–Trinajstić information content (AvgIpc) is 2.89. The lowest BCUT2D eigenvalue weighted by Crippen LogP contribution is -2.27. The van der Waals surface area contributed by atoms with Crippen LogP contribution in [0.15, 0.2) is 18.5 Å². The van der Waals surface area contributed by atoms with Gasteiger partial charge in [0.15, 0.2) is 0 Å². The van der Waals surface area contributed by atoms with Crippen LogP contribution in [0, 0.1) is 0 Å². The second kappa shape index (κ2) is 5.66. The van der Waals surface area contributed by atoms with Gasteiger partial charge in [0, 0.05) is 19.7 Å². The largest absolute Gasteiger partial charge is 0.373 e. The molecule has 0 aliphatic heterocycles. The monoisotopic (exact) mass is 280 g/mol. The number of aromatic nitrogens is 4. The highest BCUT2D eigenvalue weighted by atomic mass is 35.5. The highest BCUT2D eigenvalue weighted by molar-refractivity contribution is 6.29. The minimum Gasteiger partial charge on any atom is -0.373 e. The van der Waals surface area contributed by atoms with Crippen LogP contribution < -0.4 is 5.32 Å². The fourth-order valence-electron chi connectivity index (χ4n) is 1.57. The number of hydrogen-bond acceptors (Lipinski definition) is 5. The minimum absolute atomic E-state index is 0.169. The number of halogens is 1. The Hall–Kier alpha value is -2.15. The lowest BCUT2D eigenvalue weighted by atomic mass is 10.2. The van der Waals surface area contributed by atoms with E-state index in [1.165, 1.54) is 17.3 Å². The van der Waals surface area contributed by atoms with Gasteiger partial charge in [0.25, 0.3) is 5.91 Å². The number of hydrogen-bond donors (Lipinski definition) is 2. The summed E-state index contributed by atoms with van der Waals surface area (Å²) in [6.07, 6.45) is 1.40. The van der Waals surface area contributed by atoms with E-state index in [9.17, 15) is 4.79 Å². The second-order valence-corrected chi connectivity index (χ2v) is 4.29. The van der Waals surface area contributed by atoms with Crippen LogP contribution in [-0.4, -0.2) is 45.1 Å². The van der Waals surface area contributed by atoms with Crippen molar-refractivity contribution in [3.05, 3.63) is 35.0 Å². The van der Waals surface area contributed by atoms with E-state index < -0.39 is 0 Å². The summed E-state index contributed by atoms with van der Waals surface area (Å²) in [7, 11) is 3.39. The third kappa shape index (κ3) is 3.19. The van der Waals surface area contributed by atoms with Crippen molar-refractivity contribution in [3.63, 3.8) is 0 Å². The summed E-state index contributed by atoms with van der Waals surface area (Å²) in [4.78, 5) is 21.8. The van der Waals surface area contributed by atoms with Gasteiger partial charge in [0.1, 0.15) is 23.1 Å². The highest BCUT2D eigenvalue weighted by Crippen LogP contribution is 2.16. The second-order valence-electron chi connectivity index (χ2n) is 3.91. The number of nitrogens with zero attached hydrogens (tertiary/aromatic N) is 4. The SMILES string of the molecule is CNc1cc(C(=O)N(C)Cc2ncn[nH]2)cc(Cl)n1. The molecule has 7 nitrogen and oxygen atoms in total. The Labute approximate surface area is 115 Å². The molecule has 2 aromatic heterocycles. The first-order valence-electron chi connectivity index (χ1n) is 5.55. The van der Waals surface area contributed by atoms with Crippen LogP contribution in [0.3, 0.4) is 0 Å². The van der Waals surface area contributed by atoms with Crippen molar-refractivity contribution < 1.29 is 4.79 Å². The molecule has 0 spiro atoms. The van der Waals surface area contributed by atoms with Crippen molar-refractivity contribution in [2.75, 3.05) is 19.4 Å². The molecule has 8 heteroatoms. The van der Waals surface area contributed by atoms with Crippen molar-refractivity contribution in [1.82, 2.24) is 25.1 Å². The number of amides is 1. The zero-order chi connectivity index (χ0) is 13.8. The normalized spacial score (nSPS) is 10.3. The van der Waals surface area contributed by atoms with Gasteiger partial charge in [-0.25, -0.2) is 9.97 Å². The summed E-state index contributed by atoms with van der Waals surface area (Å²) in [6, 6.07) is 3.17. The topological polar surface area (TPSA) is 86.8 Å². The fraction of sp³-hybridized carbons (Fsp3) is 0.273. The maximum absolute atomic E-state index is 12.2. The molecule has 19 heavy (non-hydrogen) atoms. The summed E-state index contributed by atoms with van der Waals surface area (Å²) in [5.41, 5.74) is 0.464. The van der Waals surface area contributed by atoms with Gasteiger partial charge in [-0.3, -0.25) is 9.89 Å². The van der Waals surface area contributed by atoms with E-state index in [-0.39, 0.29) is 11.1 Å². The summed E-state index contributed by atoms with van der Waals surface area (Å²) in [6.45, 7) is 0.341. The van der Waals surface area contributed by atoms with Crippen LogP contribution in [0.1, 0.15) is 16.2 Å². The van der Waals surface area contributed by atoms with Gasteiger partial charge in [-0.15, -0.1) is 0 Å². The van der Waals surface area contributed by atoms with Gasteiger partial charge in [-0.1, -0.05) is 11.6 Å². The van der Waals surface area contributed by atoms with Crippen LogP contribution in [0.4, 0.5) is 5.82 Å². The number of H-pyrrole nitrogens is 1. The Morgan fingerprint density at radius 2 is 2.32 bits per heavy atom. The van der Waals surface area contributed by atoms with Gasteiger partial charge in [0.05, 0.1) is 6.54 Å². The molecule has 0 radical (unpaired) electrons. The molecule has 0 aliphatic rings. The third-order valence-electron chi connectivity index (χ3n) is 2.50. The number of anilines is 1. The molecule has 2 heterocycles. The van der Waals surface area contributed by atoms with E-state index in [4.69, 9.17) is 11.6 Å². The zero-order valence-corrected chi connectivity index (χ0v) is 11.3. The quantitative estimate of drug-likeness (QED) is 0.821. The van der Waals surface area contributed by atoms with Crippen molar-refractivity contribution in [2.24, 2.45) is 0 Å². The Morgan fingerprint density at radius 3 is 2.95 bits per heavy atom. The highest BCUT2D eigenvalue weighted by Gasteiger charge is 2.15. The first-order chi connectivity index (χ1) is 9.10. The van der Waals surface area contributed by atoms with E-state index in [1.807, 2.05) is 0 Å². The van der Waals surface area contributed by atoms with E-state index in [2.05, 4.69) is 25.5 Å². The lowest BCUT2D eigenvalue weighted by Gasteiger charge is -2.16. The van der Waals surface area contributed by atoms with Gasteiger partial charge in [-0.2, -0.15) is 5.10 Å². The lowest BCUT2D eigenvalue weighted by molar-refractivity contribution is 0.0781. The summed E-state index contributed by atoms with van der Waals surface area (Å²) in [5, 5.41) is 9.56. The molecule has 0 saturated carbocycles. The predicted octanol–water partition coefficient (Wildman–Crippen LogP) is 1.17. The molecule has 2 aromatic rings. The molecular weight excluding hydrogens is 268 g/mol. The first kappa shape index (κ1) is 13.3. The molecule has 2 rings (SSSR count). The first-order valence-corrected chi connectivity index (χ1v) is 5.93. The van der Waals surface area contributed by atoms with Crippen LogP contribution in [0.2, 0.25) is 5.15 Å². The smallest absolute Gasteiger partial charge is 0.254 e. The van der Waals surface area contributed by atoms with Crippen molar-refractivity contribution in [3.8, 4) is 0 Å². The summed E-state index contributed by atoms with van der Waals surface area (Å²) >= 11 is 5.87. The number of pyridine rings is 1. The Bertz CT molecular complexity index is 571. The maximum atomic E-state index is 12.2. The molecular formula is C11H13ClN6O. The van der Waals surface area contributed by atoms with E-state index in [0.717, 1.165) is 0 Å². The number of carbonyl (C=O) groups is 1.